The van der Waals surface area contributed by atoms with E-state index < -0.39 is 21.7 Å². The van der Waals surface area contributed by atoms with Gasteiger partial charge in [0, 0.05) is 23.8 Å². The van der Waals surface area contributed by atoms with Gasteiger partial charge >= 0.3 is 5.69 Å². The summed E-state index contributed by atoms with van der Waals surface area (Å²) < 4.78 is 5.70. The summed E-state index contributed by atoms with van der Waals surface area (Å²) in [6.07, 6.45) is 5.98. The maximum absolute atomic E-state index is 12.8. The highest BCUT2D eigenvalue weighted by Gasteiger charge is 2.59. The predicted molar refractivity (Wildman–Crippen MR) is 118 cm³/mol. The molecule has 0 spiro atoms. The highest BCUT2D eigenvalue weighted by Crippen LogP contribution is 2.52. The quantitative estimate of drug-likeness (QED) is 0.202. The molecular formula is C23H18N4O7. The molecule has 1 heterocycles. The van der Waals surface area contributed by atoms with Gasteiger partial charge in [-0.2, -0.15) is 10.1 Å². The second-order valence-electron chi connectivity index (χ2n) is 8.40. The number of imide groups is 1. The molecule has 11 heteroatoms. The van der Waals surface area contributed by atoms with Gasteiger partial charge in [0.25, 0.3) is 17.5 Å². The Balaban J connectivity index is 1.39. The third kappa shape index (κ3) is 3.51. The third-order valence-corrected chi connectivity index (χ3v) is 6.51. The third-order valence-electron chi connectivity index (χ3n) is 6.51. The van der Waals surface area contributed by atoms with E-state index in [1.807, 2.05) is 12.2 Å². The molecule has 1 aliphatic heterocycles. The standard InChI is InChI=1S/C23H18N4O7/c28-22-19-14-6-7-15(10-14)20(19)23(29)25(22)24-11-16-2-1-3-18(27(32)33)21(16)34-12-13-4-8-17(9-5-13)26(30)31/h1-9,11,14-15,19-20H,10,12H2. The molecule has 11 nitrogen and oxygen atoms in total. The van der Waals surface area contributed by atoms with Gasteiger partial charge in [-0.25, -0.2) is 0 Å². The normalized spacial score (nSPS) is 24.8. The largest absolute Gasteiger partial charge is 0.481 e. The minimum Gasteiger partial charge on any atom is -0.481 e. The van der Waals surface area contributed by atoms with Crippen LogP contribution in [0.1, 0.15) is 17.5 Å². The van der Waals surface area contributed by atoms with Gasteiger partial charge in [-0.1, -0.05) is 18.2 Å². The zero-order chi connectivity index (χ0) is 24.0. The highest BCUT2D eigenvalue weighted by molar-refractivity contribution is 6.07. The second kappa shape index (κ2) is 8.18. The molecule has 4 unspecified atom stereocenters. The van der Waals surface area contributed by atoms with Crippen molar-refractivity contribution >= 4 is 29.4 Å². The number of nitro benzene ring substituents is 2. The van der Waals surface area contributed by atoms with E-state index in [1.54, 1.807) is 0 Å². The molecule has 2 amide bonds. The molecule has 2 aromatic carbocycles. The lowest BCUT2D eigenvalue weighted by molar-refractivity contribution is -0.386. The number of hydrogen-bond acceptors (Lipinski definition) is 8. The second-order valence-corrected chi connectivity index (χ2v) is 8.40. The van der Waals surface area contributed by atoms with Gasteiger partial charge in [0.2, 0.25) is 5.75 Å². The number of nitro groups is 2. The SMILES string of the molecule is O=C1C2C3C=CC(C3)C2C(=O)N1N=Cc1cccc([N+](=O)[O-])c1OCc1ccc([N+](=O)[O-])cc1. The number of amides is 2. The number of rotatable bonds is 7. The van der Waals surface area contributed by atoms with Gasteiger partial charge in [-0.15, -0.1) is 0 Å². The fourth-order valence-electron chi connectivity index (χ4n) is 4.93. The molecule has 172 valence electrons. The highest BCUT2D eigenvalue weighted by atomic mass is 16.6. The number of hydrogen-bond donors (Lipinski definition) is 0. The average Bonchev–Trinajstić information content (AvgIpc) is 3.51. The van der Waals surface area contributed by atoms with Gasteiger partial charge < -0.3 is 4.74 Å². The van der Waals surface area contributed by atoms with Crippen LogP contribution in [0.25, 0.3) is 0 Å². The number of benzene rings is 2. The van der Waals surface area contributed by atoms with Crippen molar-refractivity contribution in [2.24, 2.45) is 28.8 Å². The fraction of sp³-hybridized carbons (Fsp3) is 0.261. The average molecular weight is 462 g/mol. The Hall–Kier alpha value is -4.41. The van der Waals surface area contributed by atoms with Crippen LogP contribution in [0.3, 0.4) is 0 Å². The summed E-state index contributed by atoms with van der Waals surface area (Å²) in [7, 11) is 0. The zero-order valence-corrected chi connectivity index (χ0v) is 17.6. The number of para-hydroxylation sites is 1. The number of allylic oxidation sites excluding steroid dienone is 2. The summed E-state index contributed by atoms with van der Waals surface area (Å²) in [5.74, 6) is -1.51. The van der Waals surface area contributed by atoms with Crippen molar-refractivity contribution in [3.8, 4) is 5.75 Å². The van der Waals surface area contributed by atoms with Crippen molar-refractivity contribution < 1.29 is 24.2 Å². The van der Waals surface area contributed by atoms with E-state index in [9.17, 15) is 29.8 Å². The Bertz CT molecular complexity index is 1240. The molecule has 0 radical (unpaired) electrons. The molecule has 0 aromatic heterocycles. The van der Waals surface area contributed by atoms with Crippen LogP contribution in [0.4, 0.5) is 11.4 Å². The van der Waals surface area contributed by atoms with Crippen molar-refractivity contribution in [2.45, 2.75) is 13.0 Å². The van der Waals surface area contributed by atoms with Crippen molar-refractivity contribution in [3.63, 3.8) is 0 Å². The van der Waals surface area contributed by atoms with Crippen LogP contribution >= 0.6 is 0 Å². The number of nitrogens with zero attached hydrogens (tertiary/aromatic N) is 4. The fourth-order valence-corrected chi connectivity index (χ4v) is 4.93. The number of carbonyl (C=O) groups excluding carboxylic acids is 2. The Morgan fingerprint density at radius 2 is 1.62 bits per heavy atom. The van der Waals surface area contributed by atoms with Gasteiger partial charge in [0.15, 0.2) is 0 Å². The van der Waals surface area contributed by atoms with Crippen molar-refractivity contribution in [1.29, 1.82) is 0 Å². The van der Waals surface area contributed by atoms with E-state index in [4.69, 9.17) is 4.74 Å². The molecule has 1 saturated heterocycles. The lowest BCUT2D eigenvalue weighted by Gasteiger charge is -2.13. The van der Waals surface area contributed by atoms with Crippen LogP contribution in [0.15, 0.2) is 59.7 Å². The lowest BCUT2D eigenvalue weighted by Crippen LogP contribution is -2.28. The summed E-state index contributed by atoms with van der Waals surface area (Å²) >= 11 is 0. The number of fused-ring (bicyclic) bond motifs is 5. The molecule has 5 rings (SSSR count). The van der Waals surface area contributed by atoms with E-state index in [1.165, 1.54) is 48.7 Å². The molecular weight excluding hydrogens is 444 g/mol. The van der Waals surface area contributed by atoms with Gasteiger partial charge in [-0.05, 0) is 42.0 Å². The molecule has 2 aromatic rings. The maximum atomic E-state index is 12.8. The topological polar surface area (TPSA) is 145 Å². The number of hydrazone groups is 1. The predicted octanol–water partition coefficient (Wildman–Crippen LogP) is 3.22. The first-order chi connectivity index (χ1) is 16.3. The van der Waals surface area contributed by atoms with Crippen molar-refractivity contribution in [2.75, 3.05) is 0 Å². The van der Waals surface area contributed by atoms with Gasteiger partial charge in [0.05, 0.1) is 27.9 Å². The van der Waals surface area contributed by atoms with Crippen LogP contribution in [0.2, 0.25) is 0 Å². The Morgan fingerprint density at radius 1 is 0.971 bits per heavy atom. The van der Waals surface area contributed by atoms with Crippen LogP contribution < -0.4 is 4.74 Å². The summed E-state index contributed by atoms with van der Waals surface area (Å²) in [5.41, 5.74) is 0.377. The van der Waals surface area contributed by atoms with Gasteiger partial charge in [0.1, 0.15) is 6.61 Å². The van der Waals surface area contributed by atoms with Crippen molar-refractivity contribution in [1.82, 2.24) is 5.01 Å². The van der Waals surface area contributed by atoms with E-state index >= 15 is 0 Å². The first-order valence-electron chi connectivity index (χ1n) is 10.6. The minimum atomic E-state index is -0.609. The lowest BCUT2D eigenvalue weighted by atomic mass is 9.85. The number of ether oxygens (including phenoxy) is 1. The van der Waals surface area contributed by atoms with Crippen LogP contribution in [-0.4, -0.2) is 32.9 Å². The Morgan fingerprint density at radius 3 is 2.21 bits per heavy atom. The number of carbonyl (C=O) groups is 2. The molecule has 2 aliphatic carbocycles. The molecule has 2 bridgehead atoms. The zero-order valence-electron chi connectivity index (χ0n) is 17.6. The molecule has 3 aliphatic rings. The molecule has 34 heavy (non-hydrogen) atoms. The van der Waals surface area contributed by atoms with Crippen LogP contribution in [0, 0.1) is 43.9 Å². The summed E-state index contributed by atoms with van der Waals surface area (Å²) in [4.78, 5) is 46.9. The summed E-state index contributed by atoms with van der Waals surface area (Å²) in [6, 6.07) is 9.84. The first kappa shape index (κ1) is 21.4. The molecule has 1 saturated carbocycles. The van der Waals surface area contributed by atoms with E-state index in [-0.39, 0.29) is 52.9 Å². The van der Waals surface area contributed by atoms with E-state index in [0.29, 0.717) is 5.56 Å². The minimum absolute atomic E-state index is 0.0463. The monoisotopic (exact) mass is 462 g/mol. The van der Waals surface area contributed by atoms with E-state index in [0.717, 1.165) is 11.4 Å². The Labute approximate surface area is 192 Å². The first-order valence-corrected chi connectivity index (χ1v) is 10.6. The van der Waals surface area contributed by atoms with E-state index in [2.05, 4.69) is 5.10 Å². The van der Waals surface area contributed by atoms with Crippen molar-refractivity contribution in [3.05, 3.63) is 86.0 Å². The molecule has 4 atom stereocenters. The van der Waals surface area contributed by atoms with Crippen LogP contribution in [0.5, 0.6) is 5.75 Å². The molecule has 2 fully saturated rings. The smallest absolute Gasteiger partial charge is 0.311 e. The summed E-state index contributed by atoms with van der Waals surface area (Å²) in [6.45, 7) is -0.0928. The summed E-state index contributed by atoms with van der Waals surface area (Å²) in [5, 5.41) is 27.3. The van der Waals surface area contributed by atoms with Crippen LogP contribution in [-0.2, 0) is 16.2 Å². The Kier molecular flexibility index (Phi) is 5.16. The molecule has 0 N–H and O–H groups in total. The maximum Gasteiger partial charge on any atom is 0.311 e. The number of non-ortho nitro benzene ring substituents is 1. The van der Waals surface area contributed by atoms with Gasteiger partial charge in [-0.3, -0.25) is 29.8 Å².